The minimum absolute atomic E-state index is 0.929. The third kappa shape index (κ3) is 3.59. The summed E-state index contributed by atoms with van der Waals surface area (Å²) in [4.78, 5) is 9.79. The lowest BCUT2D eigenvalue weighted by Crippen LogP contribution is -1.99. The van der Waals surface area contributed by atoms with Gasteiger partial charge in [0.05, 0.1) is 17.1 Å². The zero-order valence-corrected chi connectivity index (χ0v) is 15.8. The van der Waals surface area contributed by atoms with Crippen molar-refractivity contribution in [1.29, 1.82) is 0 Å². The van der Waals surface area contributed by atoms with Gasteiger partial charge in [-0.2, -0.15) is 0 Å². The average molecular weight is 362 g/mol. The minimum atomic E-state index is 0.929. The molecule has 4 aromatic rings. The Bertz CT molecular complexity index is 1050. The van der Waals surface area contributed by atoms with Crippen LogP contribution in [0.5, 0.6) is 0 Å². The summed E-state index contributed by atoms with van der Waals surface area (Å²) >= 11 is 0. The van der Waals surface area contributed by atoms with E-state index in [4.69, 9.17) is 9.97 Å². The Labute approximate surface area is 165 Å². The van der Waals surface area contributed by atoms with Gasteiger partial charge < -0.3 is 0 Å². The first-order chi connectivity index (χ1) is 13.8. The molecule has 0 amide bonds. The van der Waals surface area contributed by atoms with Crippen molar-refractivity contribution in [3.63, 3.8) is 0 Å². The number of benzene rings is 2. The summed E-state index contributed by atoms with van der Waals surface area (Å²) < 4.78 is 0. The summed E-state index contributed by atoms with van der Waals surface area (Å²) in [6.07, 6.45) is 4.04. The number of pyridine rings is 2. The van der Waals surface area contributed by atoms with Crippen molar-refractivity contribution >= 4 is 0 Å². The van der Waals surface area contributed by atoms with E-state index in [0.717, 1.165) is 54.0 Å². The molecule has 0 fully saturated rings. The fourth-order valence-corrected chi connectivity index (χ4v) is 3.89. The molecule has 2 aromatic heterocycles. The molecule has 1 aliphatic rings. The maximum Gasteiger partial charge on any atom is 0.0893 e. The van der Waals surface area contributed by atoms with Gasteiger partial charge in [-0.15, -0.1) is 0 Å². The first-order valence-corrected chi connectivity index (χ1v) is 9.94. The number of hydrogen-bond acceptors (Lipinski definition) is 2. The van der Waals surface area contributed by atoms with E-state index in [-0.39, 0.29) is 0 Å². The summed E-state index contributed by atoms with van der Waals surface area (Å²) in [6.45, 7) is 0. The quantitative estimate of drug-likeness (QED) is 0.401. The Morgan fingerprint density at radius 2 is 1.04 bits per heavy atom. The molecule has 0 saturated heterocycles. The van der Waals surface area contributed by atoms with Gasteiger partial charge in [0.25, 0.3) is 0 Å². The maximum absolute atomic E-state index is 4.91. The normalized spacial score (nSPS) is 13.1. The molecule has 2 nitrogen and oxygen atoms in total. The molecule has 0 aliphatic carbocycles. The molecule has 0 saturated carbocycles. The summed E-state index contributed by atoms with van der Waals surface area (Å²) in [5.41, 5.74) is 9.28. The lowest BCUT2D eigenvalue weighted by atomic mass is 9.98. The van der Waals surface area contributed by atoms with Gasteiger partial charge in [0.2, 0.25) is 0 Å². The van der Waals surface area contributed by atoms with Crippen molar-refractivity contribution in [3.8, 4) is 22.6 Å². The number of aromatic nitrogens is 2. The summed E-state index contributed by atoms with van der Waals surface area (Å²) in [5.74, 6) is 0. The topological polar surface area (TPSA) is 25.8 Å². The van der Waals surface area contributed by atoms with E-state index in [1.807, 2.05) is 6.07 Å². The predicted molar refractivity (Wildman–Crippen MR) is 114 cm³/mol. The van der Waals surface area contributed by atoms with Crippen molar-refractivity contribution in [3.05, 3.63) is 107 Å². The molecular weight excluding hydrogens is 340 g/mol. The molecule has 0 spiro atoms. The van der Waals surface area contributed by atoms with Gasteiger partial charge >= 0.3 is 0 Å². The van der Waals surface area contributed by atoms with Gasteiger partial charge in [-0.3, -0.25) is 4.98 Å². The Morgan fingerprint density at radius 1 is 0.464 bits per heavy atom. The third-order valence-corrected chi connectivity index (χ3v) is 5.40. The van der Waals surface area contributed by atoms with Gasteiger partial charge in [0.1, 0.15) is 0 Å². The Balaban J connectivity index is 1.63. The van der Waals surface area contributed by atoms with Crippen LogP contribution in [-0.4, -0.2) is 9.97 Å². The van der Waals surface area contributed by atoms with E-state index in [0.29, 0.717) is 0 Å². The van der Waals surface area contributed by atoms with Crippen LogP contribution < -0.4 is 0 Å². The molecular formula is C26H22N2. The Morgan fingerprint density at radius 3 is 1.86 bits per heavy atom. The van der Waals surface area contributed by atoms with Crippen LogP contribution in [0.4, 0.5) is 0 Å². The molecule has 0 radical (unpaired) electrons. The third-order valence-electron chi connectivity index (χ3n) is 5.40. The number of fused-ring (bicyclic) bond motifs is 10. The van der Waals surface area contributed by atoms with Gasteiger partial charge in [0, 0.05) is 11.3 Å². The second-order valence-electron chi connectivity index (χ2n) is 7.44. The van der Waals surface area contributed by atoms with Crippen LogP contribution in [0.2, 0.25) is 0 Å². The van der Waals surface area contributed by atoms with Gasteiger partial charge in [-0.1, -0.05) is 54.6 Å². The number of aryl methyl sites for hydroxylation is 4. The molecule has 0 N–H and O–H groups in total. The largest absolute Gasteiger partial charge is 0.251 e. The van der Waals surface area contributed by atoms with Gasteiger partial charge in [0.15, 0.2) is 0 Å². The molecule has 2 aromatic carbocycles. The highest BCUT2D eigenvalue weighted by atomic mass is 14.8. The second kappa shape index (κ2) is 7.40. The van der Waals surface area contributed by atoms with E-state index in [1.54, 1.807) is 0 Å². The highest BCUT2D eigenvalue weighted by Crippen LogP contribution is 2.24. The maximum atomic E-state index is 4.91. The molecule has 2 heteroatoms. The van der Waals surface area contributed by atoms with Crippen molar-refractivity contribution in [1.82, 2.24) is 9.97 Å². The molecule has 3 heterocycles. The fourth-order valence-electron chi connectivity index (χ4n) is 3.89. The SMILES string of the molecule is c1cc2cc(c1)CCc1cccc(n1)-c1cccc(n1)-c1cccc(c1)CC2. The first kappa shape index (κ1) is 16.9. The molecule has 8 bridgehead atoms. The monoisotopic (exact) mass is 362 g/mol. The van der Waals surface area contributed by atoms with Crippen LogP contribution in [0.1, 0.15) is 22.4 Å². The van der Waals surface area contributed by atoms with Crippen molar-refractivity contribution in [2.75, 3.05) is 0 Å². The second-order valence-corrected chi connectivity index (χ2v) is 7.44. The highest BCUT2D eigenvalue weighted by Gasteiger charge is 2.08. The van der Waals surface area contributed by atoms with E-state index in [9.17, 15) is 0 Å². The molecule has 5 rings (SSSR count). The van der Waals surface area contributed by atoms with Crippen molar-refractivity contribution in [2.45, 2.75) is 25.7 Å². The number of nitrogens with zero attached hydrogens (tertiary/aromatic N) is 2. The molecule has 1 aliphatic heterocycles. The molecule has 136 valence electrons. The van der Waals surface area contributed by atoms with Crippen LogP contribution in [0.3, 0.4) is 0 Å². The van der Waals surface area contributed by atoms with Gasteiger partial charge in [-0.05, 0) is 72.7 Å². The van der Waals surface area contributed by atoms with Crippen LogP contribution in [0, 0.1) is 0 Å². The van der Waals surface area contributed by atoms with Crippen molar-refractivity contribution in [2.24, 2.45) is 0 Å². The lowest BCUT2D eigenvalue weighted by Gasteiger charge is -2.10. The number of rotatable bonds is 0. The first-order valence-electron chi connectivity index (χ1n) is 9.94. The zero-order chi connectivity index (χ0) is 18.8. The van der Waals surface area contributed by atoms with E-state index in [1.165, 1.54) is 16.7 Å². The van der Waals surface area contributed by atoms with E-state index >= 15 is 0 Å². The van der Waals surface area contributed by atoms with Crippen LogP contribution in [-0.2, 0) is 25.7 Å². The average Bonchev–Trinajstić information content (AvgIpc) is 2.77. The van der Waals surface area contributed by atoms with E-state index < -0.39 is 0 Å². The van der Waals surface area contributed by atoms with Gasteiger partial charge in [-0.25, -0.2) is 4.98 Å². The van der Waals surface area contributed by atoms with E-state index in [2.05, 4.69) is 78.9 Å². The Kier molecular flexibility index (Phi) is 4.46. The summed E-state index contributed by atoms with van der Waals surface area (Å²) in [6, 6.07) is 30.2. The minimum Gasteiger partial charge on any atom is -0.251 e. The van der Waals surface area contributed by atoms with Crippen LogP contribution in [0.25, 0.3) is 22.6 Å². The molecule has 28 heavy (non-hydrogen) atoms. The smallest absolute Gasteiger partial charge is 0.0893 e. The molecule has 0 atom stereocenters. The van der Waals surface area contributed by atoms with Crippen molar-refractivity contribution < 1.29 is 0 Å². The lowest BCUT2D eigenvalue weighted by molar-refractivity contribution is 0.903. The fraction of sp³-hybridized carbons (Fsp3) is 0.154. The Hall–Kier alpha value is -3.26. The molecule has 0 unspecified atom stereocenters. The highest BCUT2D eigenvalue weighted by molar-refractivity contribution is 5.65. The van der Waals surface area contributed by atoms with Crippen LogP contribution in [0.15, 0.2) is 84.9 Å². The standard InChI is InChI=1S/C26H22N2/c1-5-19-13-14-21-7-2-8-22(18-21)24-10-4-12-26(28-24)25-11-3-9-23(27-25)16-15-20(6-1)17-19/h1-12,17-18H,13-16H2. The summed E-state index contributed by atoms with van der Waals surface area (Å²) in [7, 11) is 0. The predicted octanol–water partition coefficient (Wildman–Crippen LogP) is 5.69. The number of hydrogen-bond donors (Lipinski definition) is 0. The zero-order valence-electron chi connectivity index (χ0n) is 15.8. The summed E-state index contributed by atoms with van der Waals surface area (Å²) in [5, 5.41) is 0. The van der Waals surface area contributed by atoms with Crippen LogP contribution >= 0.6 is 0 Å².